The third-order valence-electron chi connectivity index (χ3n) is 4.98. The van der Waals surface area contributed by atoms with Gasteiger partial charge in [-0.25, -0.2) is 0 Å². The lowest BCUT2D eigenvalue weighted by molar-refractivity contribution is -0.138. The number of hydrogen-bond donors (Lipinski definition) is 1. The van der Waals surface area contributed by atoms with Gasteiger partial charge in [-0.3, -0.25) is 9.59 Å². The summed E-state index contributed by atoms with van der Waals surface area (Å²) in [5, 5.41) is 3.15. The summed E-state index contributed by atoms with van der Waals surface area (Å²) in [5.41, 5.74) is 0. The second-order valence-corrected chi connectivity index (χ2v) is 6.42. The highest BCUT2D eigenvalue weighted by atomic mass is 35.5. The molecule has 6 heteroatoms. The van der Waals surface area contributed by atoms with E-state index in [1.54, 1.807) is 0 Å². The van der Waals surface area contributed by atoms with Crippen LogP contribution in [0.25, 0.3) is 0 Å². The second kappa shape index (κ2) is 7.45. The fourth-order valence-electron chi connectivity index (χ4n) is 3.42. The van der Waals surface area contributed by atoms with Gasteiger partial charge in [0.05, 0.1) is 5.92 Å². The van der Waals surface area contributed by atoms with Crippen LogP contribution in [0.5, 0.6) is 0 Å². The minimum atomic E-state index is 0. The Morgan fingerprint density at radius 3 is 2.10 bits per heavy atom. The van der Waals surface area contributed by atoms with Crippen LogP contribution in [0, 0.1) is 11.8 Å². The van der Waals surface area contributed by atoms with E-state index in [1.165, 1.54) is 0 Å². The van der Waals surface area contributed by atoms with Gasteiger partial charge in [0.25, 0.3) is 0 Å². The van der Waals surface area contributed by atoms with E-state index in [9.17, 15) is 9.59 Å². The molecule has 5 nitrogen and oxygen atoms in total. The summed E-state index contributed by atoms with van der Waals surface area (Å²) < 4.78 is 0. The van der Waals surface area contributed by atoms with Crippen molar-refractivity contribution in [1.82, 2.24) is 15.1 Å². The Balaban J connectivity index is 0.00000161. The zero-order chi connectivity index (χ0) is 13.9. The van der Waals surface area contributed by atoms with Crippen LogP contribution in [0.15, 0.2) is 0 Å². The number of halogens is 1. The van der Waals surface area contributed by atoms with E-state index in [4.69, 9.17) is 0 Å². The number of likely N-dealkylation sites (tertiary alicyclic amines) is 2. The Bertz CT molecular complexity index is 373. The van der Waals surface area contributed by atoms with Crippen molar-refractivity contribution in [2.24, 2.45) is 11.8 Å². The molecule has 0 aromatic carbocycles. The molecule has 0 aromatic heterocycles. The monoisotopic (exact) mass is 315 g/mol. The third kappa shape index (κ3) is 3.89. The largest absolute Gasteiger partial charge is 0.343 e. The highest BCUT2D eigenvalue weighted by Gasteiger charge is 2.32. The number of carbonyl (C=O) groups excluding carboxylic acids is 2. The zero-order valence-corrected chi connectivity index (χ0v) is 13.4. The van der Waals surface area contributed by atoms with Crippen LogP contribution in [0.1, 0.15) is 32.1 Å². The second-order valence-electron chi connectivity index (χ2n) is 6.42. The van der Waals surface area contributed by atoms with Crippen LogP contribution >= 0.6 is 12.4 Å². The first-order chi connectivity index (χ1) is 9.74. The van der Waals surface area contributed by atoms with E-state index < -0.39 is 0 Å². The lowest BCUT2D eigenvalue weighted by Crippen LogP contribution is -2.53. The molecule has 0 saturated carbocycles. The first-order valence-electron chi connectivity index (χ1n) is 8.01. The molecule has 0 aliphatic carbocycles. The molecular formula is C15H26ClN3O2. The standard InChI is InChI=1S/C15H25N3O2.ClH/c19-14(17-5-1-2-6-17)9-12-3-7-18(8-4-12)15(20)13-10-16-11-13;/h12-13,16H,1-11H2;1H. The highest BCUT2D eigenvalue weighted by Crippen LogP contribution is 2.24. The maximum Gasteiger partial charge on any atom is 0.228 e. The molecule has 2 amide bonds. The van der Waals surface area contributed by atoms with Crippen molar-refractivity contribution >= 4 is 24.2 Å². The number of nitrogens with zero attached hydrogens (tertiary/aromatic N) is 2. The molecule has 0 radical (unpaired) electrons. The van der Waals surface area contributed by atoms with Gasteiger partial charge in [0, 0.05) is 45.7 Å². The maximum atomic E-state index is 12.1. The van der Waals surface area contributed by atoms with Gasteiger partial charge in [-0.05, 0) is 31.6 Å². The van der Waals surface area contributed by atoms with Crippen molar-refractivity contribution in [2.75, 3.05) is 39.3 Å². The third-order valence-corrected chi connectivity index (χ3v) is 4.98. The predicted molar refractivity (Wildman–Crippen MR) is 83.3 cm³/mol. The van der Waals surface area contributed by atoms with Gasteiger partial charge >= 0.3 is 0 Å². The number of nitrogens with one attached hydrogen (secondary N) is 1. The molecule has 120 valence electrons. The lowest BCUT2D eigenvalue weighted by Gasteiger charge is -2.37. The summed E-state index contributed by atoms with van der Waals surface area (Å²) in [6.07, 6.45) is 4.99. The van der Waals surface area contributed by atoms with Crippen molar-refractivity contribution in [1.29, 1.82) is 0 Å². The van der Waals surface area contributed by atoms with Crippen LogP contribution in [-0.4, -0.2) is 60.9 Å². The van der Waals surface area contributed by atoms with E-state index >= 15 is 0 Å². The van der Waals surface area contributed by atoms with Gasteiger partial charge in [-0.1, -0.05) is 0 Å². The van der Waals surface area contributed by atoms with E-state index in [1.807, 2.05) is 9.80 Å². The Kier molecular flexibility index (Phi) is 5.88. The Hall–Kier alpha value is -0.810. The van der Waals surface area contributed by atoms with Crippen molar-refractivity contribution in [3.8, 4) is 0 Å². The Morgan fingerprint density at radius 2 is 1.57 bits per heavy atom. The predicted octanol–water partition coefficient (Wildman–Crippen LogP) is 0.879. The number of rotatable bonds is 3. The lowest BCUT2D eigenvalue weighted by atomic mass is 9.91. The molecule has 3 heterocycles. The summed E-state index contributed by atoms with van der Waals surface area (Å²) in [6, 6.07) is 0. The SMILES string of the molecule is Cl.O=C(CC1CCN(C(=O)C2CNC2)CC1)N1CCCC1. The fourth-order valence-corrected chi connectivity index (χ4v) is 3.42. The first kappa shape index (κ1) is 16.6. The van der Waals surface area contributed by atoms with Gasteiger partial charge in [-0.2, -0.15) is 0 Å². The smallest absolute Gasteiger partial charge is 0.228 e. The molecule has 1 N–H and O–H groups in total. The van der Waals surface area contributed by atoms with Crippen LogP contribution in [0.4, 0.5) is 0 Å². The van der Waals surface area contributed by atoms with Gasteiger partial charge in [0.1, 0.15) is 0 Å². The Morgan fingerprint density at radius 1 is 0.952 bits per heavy atom. The summed E-state index contributed by atoms with van der Waals surface area (Å²) in [5.74, 6) is 1.33. The topological polar surface area (TPSA) is 52.7 Å². The first-order valence-corrected chi connectivity index (χ1v) is 8.01. The van der Waals surface area contributed by atoms with Crippen molar-refractivity contribution in [2.45, 2.75) is 32.1 Å². The molecule has 3 saturated heterocycles. The zero-order valence-electron chi connectivity index (χ0n) is 12.6. The average Bonchev–Trinajstić information content (AvgIpc) is 2.91. The van der Waals surface area contributed by atoms with Crippen LogP contribution in [0.2, 0.25) is 0 Å². The fraction of sp³-hybridized carbons (Fsp3) is 0.867. The van der Waals surface area contributed by atoms with Crippen molar-refractivity contribution in [3.05, 3.63) is 0 Å². The van der Waals surface area contributed by atoms with Crippen LogP contribution in [-0.2, 0) is 9.59 Å². The van der Waals surface area contributed by atoms with E-state index in [-0.39, 0.29) is 18.3 Å². The molecule has 0 unspecified atom stereocenters. The van der Waals surface area contributed by atoms with Gasteiger partial charge < -0.3 is 15.1 Å². The molecule has 0 bridgehead atoms. The average molecular weight is 316 g/mol. The highest BCUT2D eigenvalue weighted by molar-refractivity contribution is 5.85. The summed E-state index contributed by atoms with van der Waals surface area (Å²) >= 11 is 0. The van der Waals surface area contributed by atoms with Gasteiger partial charge in [0.15, 0.2) is 0 Å². The molecule has 3 rings (SSSR count). The van der Waals surface area contributed by atoms with Gasteiger partial charge in [0.2, 0.25) is 11.8 Å². The normalized spacial score (nSPS) is 23.6. The minimum Gasteiger partial charge on any atom is -0.343 e. The summed E-state index contributed by atoms with van der Waals surface area (Å²) in [4.78, 5) is 28.3. The molecular weight excluding hydrogens is 290 g/mol. The quantitative estimate of drug-likeness (QED) is 0.841. The maximum absolute atomic E-state index is 12.1. The molecule has 0 spiro atoms. The van der Waals surface area contributed by atoms with E-state index in [0.717, 1.165) is 65.0 Å². The molecule has 3 aliphatic rings. The molecule has 0 atom stereocenters. The van der Waals surface area contributed by atoms with Gasteiger partial charge in [-0.15, -0.1) is 12.4 Å². The van der Waals surface area contributed by atoms with Crippen LogP contribution < -0.4 is 5.32 Å². The van der Waals surface area contributed by atoms with Crippen molar-refractivity contribution < 1.29 is 9.59 Å². The Labute approximate surface area is 132 Å². The summed E-state index contributed by atoms with van der Waals surface area (Å²) in [6.45, 7) is 5.26. The number of carbonyl (C=O) groups is 2. The number of amides is 2. The molecule has 0 aromatic rings. The number of piperidine rings is 1. The summed E-state index contributed by atoms with van der Waals surface area (Å²) in [7, 11) is 0. The minimum absolute atomic E-state index is 0. The van der Waals surface area contributed by atoms with Crippen LogP contribution in [0.3, 0.4) is 0 Å². The number of hydrogen-bond acceptors (Lipinski definition) is 3. The van der Waals surface area contributed by atoms with E-state index in [2.05, 4.69) is 5.32 Å². The van der Waals surface area contributed by atoms with E-state index in [0.29, 0.717) is 24.2 Å². The molecule has 21 heavy (non-hydrogen) atoms. The van der Waals surface area contributed by atoms with Crippen molar-refractivity contribution in [3.63, 3.8) is 0 Å². The molecule has 3 fully saturated rings. The molecule has 3 aliphatic heterocycles.